The van der Waals surface area contributed by atoms with Crippen LogP contribution >= 0.6 is 11.3 Å². The molecule has 0 amide bonds. The number of fused-ring (bicyclic) bond motifs is 1. The van der Waals surface area contributed by atoms with Crippen molar-refractivity contribution >= 4 is 21.4 Å². The maximum atomic E-state index is 12.9. The molecule has 0 bridgehead atoms. The molecule has 0 aliphatic heterocycles. The summed E-state index contributed by atoms with van der Waals surface area (Å²) in [4.78, 5) is 1.29. The summed E-state index contributed by atoms with van der Waals surface area (Å²) >= 11 is 1.72. The van der Waals surface area contributed by atoms with E-state index in [-0.39, 0.29) is 5.82 Å². The van der Waals surface area contributed by atoms with Crippen molar-refractivity contribution in [1.29, 1.82) is 0 Å². The second kappa shape index (κ2) is 4.07. The van der Waals surface area contributed by atoms with Crippen LogP contribution < -0.4 is 5.73 Å². The van der Waals surface area contributed by atoms with E-state index in [1.165, 1.54) is 10.9 Å². The first kappa shape index (κ1) is 9.62. The maximum Gasteiger partial charge on any atom is 0.123 e. The second-order valence-electron chi connectivity index (χ2n) is 3.29. The molecule has 2 rings (SSSR count). The zero-order valence-corrected chi connectivity index (χ0v) is 8.61. The summed E-state index contributed by atoms with van der Waals surface area (Å²) < 4.78 is 14.0. The Morgan fingerprint density at radius 3 is 2.93 bits per heavy atom. The molecular weight excluding hydrogens is 197 g/mol. The summed E-state index contributed by atoms with van der Waals surface area (Å²) in [6, 6.07) is 6.98. The lowest BCUT2D eigenvalue weighted by Gasteiger charge is -1.91. The number of thiophene rings is 1. The predicted octanol–water partition coefficient (Wildman–Crippen LogP) is 2.93. The summed E-state index contributed by atoms with van der Waals surface area (Å²) in [5, 5.41) is 1.00. The Hall–Kier alpha value is -0.930. The number of hydrogen-bond donors (Lipinski definition) is 1. The van der Waals surface area contributed by atoms with Crippen molar-refractivity contribution in [1.82, 2.24) is 0 Å². The fourth-order valence-electron chi connectivity index (χ4n) is 1.47. The highest BCUT2D eigenvalue weighted by atomic mass is 32.1. The number of halogens is 1. The van der Waals surface area contributed by atoms with E-state index in [2.05, 4.69) is 6.07 Å². The highest BCUT2D eigenvalue weighted by molar-refractivity contribution is 7.19. The summed E-state index contributed by atoms with van der Waals surface area (Å²) in [5.74, 6) is -0.166. The normalized spacial score (nSPS) is 11.0. The van der Waals surface area contributed by atoms with Crippen LogP contribution in [-0.4, -0.2) is 6.54 Å². The smallest absolute Gasteiger partial charge is 0.123 e. The molecule has 0 aliphatic carbocycles. The van der Waals surface area contributed by atoms with Gasteiger partial charge in [0.2, 0.25) is 0 Å². The van der Waals surface area contributed by atoms with Gasteiger partial charge in [0.25, 0.3) is 0 Å². The van der Waals surface area contributed by atoms with Gasteiger partial charge in [0.1, 0.15) is 5.82 Å². The fourth-order valence-corrected chi connectivity index (χ4v) is 2.56. The van der Waals surface area contributed by atoms with E-state index >= 15 is 0 Å². The summed E-state index contributed by atoms with van der Waals surface area (Å²) in [5.41, 5.74) is 5.44. The zero-order chi connectivity index (χ0) is 9.97. The van der Waals surface area contributed by atoms with Gasteiger partial charge in [-0.2, -0.15) is 0 Å². The molecule has 1 aromatic heterocycles. The lowest BCUT2D eigenvalue weighted by Crippen LogP contribution is -1.99. The molecule has 0 saturated carbocycles. The van der Waals surface area contributed by atoms with E-state index in [4.69, 9.17) is 5.73 Å². The quantitative estimate of drug-likeness (QED) is 0.826. The molecule has 0 aliphatic rings. The van der Waals surface area contributed by atoms with Gasteiger partial charge in [0, 0.05) is 9.58 Å². The van der Waals surface area contributed by atoms with E-state index in [0.29, 0.717) is 6.54 Å². The Bertz CT molecular complexity index is 436. The molecule has 1 aromatic carbocycles. The number of nitrogens with two attached hydrogens (primary N) is 1. The average molecular weight is 209 g/mol. The van der Waals surface area contributed by atoms with Gasteiger partial charge in [0.15, 0.2) is 0 Å². The first-order chi connectivity index (χ1) is 6.79. The van der Waals surface area contributed by atoms with E-state index < -0.39 is 0 Å². The van der Waals surface area contributed by atoms with Crippen molar-refractivity contribution in [2.75, 3.05) is 6.54 Å². The standard InChI is InChI=1S/C11H12FNS/c12-9-3-4-11-8(6-9)7-10(14-11)2-1-5-13/h3-4,6-7H,1-2,5,13H2. The highest BCUT2D eigenvalue weighted by Gasteiger charge is 2.02. The number of rotatable bonds is 3. The minimum Gasteiger partial charge on any atom is -0.330 e. The van der Waals surface area contributed by atoms with Gasteiger partial charge in [-0.3, -0.25) is 0 Å². The van der Waals surface area contributed by atoms with Crippen LogP contribution in [0.3, 0.4) is 0 Å². The molecular formula is C11H12FNS. The summed E-state index contributed by atoms with van der Waals surface area (Å²) in [6.45, 7) is 0.711. The van der Waals surface area contributed by atoms with Crippen LogP contribution in [0.2, 0.25) is 0 Å². The Morgan fingerprint density at radius 2 is 2.14 bits per heavy atom. The van der Waals surface area contributed by atoms with E-state index in [0.717, 1.165) is 22.9 Å². The zero-order valence-electron chi connectivity index (χ0n) is 7.79. The first-order valence-electron chi connectivity index (χ1n) is 4.67. The van der Waals surface area contributed by atoms with Crippen molar-refractivity contribution in [2.45, 2.75) is 12.8 Å². The van der Waals surface area contributed by atoms with Crippen LogP contribution in [-0.2, 0) is 6.42 Å². The Kier molecular flexibility index (Phi) is 2.79. The molecule has 74 valence electrons. The van der Waals surface area contributed by atoms with Gasteiger partial charge < -0.3 is 5.73 Å². The monoisotopic (exact) mass is 209 g/mol. The second-order valence-corrected chi connectivity index (χ2v) is 4.46. The van der Waals surface area contributed by atoms with Crippen molar-refractivity contribution in [3.05, 3.63) is 35.0 Å². The first-order valence-corrected chi connectivity index (χ1v) is 5.49. The average Bonchev–Trinajstić information content (AvgIpc) is 2.56. The van der Waals surface area contributed by atoms with Crippen LogP contribution in [0.15, 0.2) is 24.3 Å². The lowest BCUT2D eigenvalue weighted by atomic mass is 10.2. The third-order valence-electron chi connectivity index (χ3n) is 2.16. The van der Waals surface area contributed by atoms with Gasteiger partial charge >= 0.3 is 0 Å². The topological polar surface area (TPSA) is 26.0 Å². The summed E-state index contributed by atoms with van der Waals surface area (Å²) in [6.07, 6.45) is 1.99. The molecule has 0 fully saturated rings. The van der Waals surface area contributed by atoms with Crippen LogP contribution in [0.1, 0.15) is 11.3 Å². The molecule has 1 heterocycles. The number of benzene rings is 1. The van der Waals surface area contributed by atoms with Crippen LogP contribution in [0.4, 0.5) is 4.39 Å². The molecule has 14 heavy (non-hydrogen) atoms. The maximum absolute atomic E-state index is 12.9. The highest BCUT2D eigenvalue weighted by Crippen LogP contribution is 2.26. The van der Waals surface area contributed by atoms with Crippen LogP contribution in [0, 0.1) is 5.82 Å². The van der Waals surface area contributed by atoms with Gasteiger partial charge in [0.05, 0.1) is 0 Å². The SMILES string of the molecule is NCCCc1cc2cc(F)ccc2s1. The van der Waals surface area contributed by atoms with Crippen molar-refractivity contribution < 1.29 is 4.39 Å². The molecule has 2 aromatic rings. The summed E-state index contributed by atoms with van der Waals surface area (Å²) in [7, 11) is 0. The predicted molar refractivity (Wildman–Crippen MR) is 59.2 cm³/mol. The molecule has 0 atom stereocenters. The minimum atomic E-state index is -0.166. The fraction of sp³-hybridized carbons (Fsp3) is 0.273. The van der Waals surface area contributed by atoms with E-state index in [1.807, 2.05) is 6.07 Å². The van der Waals surface area contributed by atoms with Crippen molar-refractivity contribution in [3.8, 4) is 0 Å². The van der Waals surface area contributed by atoms with E-state index in [1.54, 1.807) is 17.4 Å². The van der Waals surface area contributed by atoms with Crippen LogP contribution in [0.25, 0.3) is 10.1 Å². The van der Waals surface area contributed by atoms with Crippen molar-refractivity contribution in [3.63, 3.8) is 0 Å². The number of hydrogen-bond acceptors (Lipinski definition) is 2. The molecule has 3 heteroatoms. The molecule has 1 nitrogen and oxygen atoms in total. The third kappa shape index (κ3) is 1.94. The van der Waals surface area contributed by atoms with Crippen molar-refractivity contribution in [2.24, 2.45) is 5.73 Å². The van der Waals surface area contributed by atoms with Gasteiger partial charge in [-0.05, 0) is 49.0 Å². The van der Waals surface area contributed by atoms with Gasteiger partial charge in [-0.1, -0.05) is 0 Å². The van der Waals surface area contributed by atoms with Gasteiger partial charge in [-0.25, -0.2) is 4.39 Å². The largest absolute Gasteiger partial charge is 0.330 e. The van der Waals surface area contributed by atoms with Gasteiger partial charge in [-0.15, -0.1) is 11.3 Å². The minimum absolute atomic E-state index is 0.166. The number of aryl methyl sites for hydroxylation is 1. The molecule has 0 spiro atoms. The molecule has 2 N–H and O–H groups in total. The Balaban J connectivity index is 2.32. The molecule has 0 saturated heterocycles. The van der Waals surface area contributed by atoms with E-state index in [9.17, 15) is 4.39 Å². The molecule has 0 unspecified atom stereocenters. The van der Waals surface area contributed by atoms with Crippen LogP contribution in [0.5, 0.6) is 0 Å². The molecule has 0 radical (unpaired) electrons. The Morgan fingerprint density at radius 1 is 1.29 bits per heavy atom. The third-order valence-corrected chi connectivity index (χ3v) is 3.33. The lowest BCUT2D eigenvalue weighted by molar-refractivity contribution is 0.630. The Labute approximate surface area is 86.4 Å².